The molecule has 3 unspecified atom stereocenters. The second-order valence-electron chi connectivity index (χ2n) is 6.85. The molecule has 3 atom stereocenters. The smallest absolute Gasteiger partial charge is 0.227 e. The molecular formula is C21H24N2OS. The van der Waals surface area contributed by atoms with Gasteiger partial charge in [0, 0.05) is 23.4 Å². The average Bonchev–Trinajstić information content (AvgIpc) is 2.68. The van der Waals surface area contributed by atoms with Crippen LogP contribution in [-0.4, -0.2) is 30.8 Å². The second kappa shape index (κ2) is 7.63. The number of benzene rings is 2. The van der Waals surface area contributed by atoms with Gasteiger partial charge in [0.1, 0.15) is 0 Å². The molecule has 25 heavy (non-hydrogen) atoms. The summed E-state index contributed by atoms with van der Waals surface area (Å²) >= 11 is 1.86. The number of amides is 1. The van der Waals surface area contributed by atoms with E-state index in [0.717, 1.165) is 31.7 Å². The topological polar surface area (TPSA) is 41.1 Å². The highest BCUT2D eigenvalue weighted by molar-refractivity contribution is 7.99. The minimum absolute atomic E-state index is 0.0104. The van der Waals surface area contributed by atoms with Crippen LogP contribution in [0.4, 0.5) is 0 Å². The highest BCUT2D eigenvalue weighted by atomic mass is 32.2. The van der Waals surface area contributed by atoms with Crippen LogP contribution in [-0.2, 0) is 4.79 Å². The summed E-state index contributed by atoms with van der Waals surface area (Å²) in [6.45, 7) is 1.89. The van der Waals surface area contributed by atoms with Gasteiger partial charge in [0.15, 0.2) is 0 Å². The van der Waals surface area contributed by atoms with Crippen LogP contribution in [0.15, 0.2) is 59.5 Å². The van der Waals surface area contributed by atoms with Crippen molar-refractivity contribution in [3.8, 4) is 0 Å². The molecule has 2 aromatic carbocycles. The number of carbonyl (C=O) groups is 1. The maximum atomic E-state index is 13.1. The maximum Gasteiger partial charge on any atom is 0.227 e. The molecule has 4 heteroatoms. The summed E-state index contributed by atoms with van der Waals surface area (Å²) in [6.07, 6.45) is 1.91. The third-order valence-electron chi connectivity index (χ3n) is 5.31. The van der Waals surface area contributed by atoms with Gasteiger partial charge in [-0.1, -0.05) is 48.5 Å². The Kier molecular flexibility index (Phi) is 5.09. The second-order valence-corrected chi connectivity index (χ2v) is 7.99. The summed E-state index contributed by atoms with van der Waals surface area (Å²) in [7, 11) is 0. The van der Waals surface area contributed by atoms with Crippen LogP contribution in [0.1, 0.15) is 35.8 Å². The molecule has 0 aliphatic carbocycles. The van der Waals surface area contributed by atoms with E-state index in [1.165, 1.54) is 16.0 Å². The molecule has 2 heterocycles. The van der Waals surface area contributed by atoms with Crippen LogP contribution in [0.2, 0.25) is 0 Å². The Balaban J connectivity index is 1.52. The Labute approximate surface area is 153 Å². The van der Waals surface area contributed by atoms with Crippen LogP contribution in [0, 0.1) is 0 Å². The first-order valence-electron chi connectivity index (χ1n) is 9.10. The number of fused-ring (bicyclic) bond motifs is 1. The number of nitrogens with one attached hydrogen (secondary N) is 2. The molecule has 2 aromatic rings. The molecule has 1 saturated heterocycles. The van der Waals surface area contributed by atoms with Crippen molar-refractivity contribution >= 4 is 17.7 Å². The van der Waals surface area contributed by atoms with Gasteiger partial charge in [0.25, 0.3) is 0 Å². The lowest BCUT2D eigenvalue weighted by atomic mass is 9.86. The van der Waals surface area contributed by atoms with Crippen LogP contribution in [0.25, 0.3) is 0 Å². The molecule has 1 amide bonds. The zero-order valence-electron chi connectivity index (χ0n) is 14.3. The minimum Gasteiger partial charge on any atom is -0.352 e. The fourth-order valence-corrected chi connectivity index (χ4v) is 5.10. The third kappa shape index (κ3) is 3.60. The van der Waals surface area contributed by atoms with Gasteiger partial charge in [-0.05, 0) is 42.3 Å². The molecule has 2 N–H and O–H groups in total. The SMILES string of the molecule is O=C(NC1CCNCC1c1ccccc1)C1CCSc2ccccc21. The number of carbonyl (C=O) groups excluding carboxylic acids is 1. The lowest BCUT2D eigenvalue weighted by molar-refractivity contribution is -0.123. The number of hydrogen-bond acceptors (Lipinski definition) is 3. The molecule has 3 nitrogen and oxygen atoms in total. The molecule has 130 valence electrons. The predicted molar refractivity (Wildman–Crippen MR) is 103 cm³/mol. The van der Waals surface area contributed by atoms with E-state index < -0.39 is 0 Å². The van der Waals surface area contributed by atoms with E-state index in [4.69, 9.17) is 0 Å². The Morgan fingerprint density at radius 1 is 1.04 bits per heavy atom. The fourth-order valence-electron chi connectivity index (χ4n) is 3.98. The molecule has 2 aliphatic heterocycles. The van der Waals surface area contributed by atoms with Crippen molar-refractivity contribution in [1.29, 1.82) is 0 Å². The van der Waals surface area contributed by atoms with Gasteiger partial charge in [-0.2, -0.15) is 0 Å². The van der Waals surface area contributed by atoms with E-state index in [1.54, 1.807) is 0 Å². The van der Waals surface area contributed by atoms with Crippen molar-refractivity contribution in [1.82, 2.24) is 10.6 Å². The first-order chi connectivity index (χ1) is 12.3. The zero-order valence-corrected chi connectivity index (χ0v) is 15.1. The molecule has 0 spiro atoms. The number of thioether (sulfide) groups is 1. The van der Waals surface area contributed by atoms with Crippen molar-refractivity contribution in [2.75, 3.05) is 18.8 Å². The van der Waals surface area contributed by atoms with E-state index >= 15 is 0 Å². The summed E-state index contributed by atoms with van der Waals surface area (Å²) < 4.78 is 0. The lowest BCUT2D eigenvalue weighted by Crippen LogP contribution is -2.49. The number of rotatable bonds is 3. The Morgan fingerprint density at radius 2 is 1.84 bits per heavy atom. The van der Waals surface area contributed by atoms with Gasteiger partial charge in [0.05, 0.1) is 5.92 Å². The van der Waals surface area contributed by atoms with Crippen LogP contribution >= 0.6 is 11.8 Å². The monoisotopic (exact) mass is 352 g/mol. The Hall–Kier alpha value is -1.78. The van der Waals surface area contributed by atoms with Crippen LogP contribution in [0.5, 0.6) is 0 Å². The number of piperidine rings is 1. The first kappa shape index (κ1) is 16.7. The summed E-state index contributed by atoms with van der Waals surface area (Å²) in [5.74, 6) is 1.54. The molecule has 0 aromatic heterocycles. The zero-order chi connectivity index (χ0) is 17.1. The van der Waals surface area contributed by atoms with Gasteiger partial charge in [-0.3, -0.25) is 4.79 Å². The summed E-state index contributed by atoms with van der Waals surface area (Å²) in [5, 5.41) is 6.87. The minimum atomic E-state index is -0.0104. The van der Waals surface area contributed by atoms with Crippen molar-refractivity contribution < 1.29 is 4.79 Å². The predicted octanol–water partition coefficient (Wildman–Crippen LogP) is 3.53. The largest absolute Gasteiger partial charge is 0.352 e. The van der Waals surface area contributed by atoms with E-state index in [-0.39, 0.29) is 17.9 Å². The normalized spacial score (nSPS) is 25.8. The van der Waals surface area contributed by atoms with Crippen molar-refractivity contribution in [2.45, 2.75) is 35.6 Å². The number of hydrogen-bond donors (Lipinski definition) is 2. The molecule has 1 fully saturated rings. The molecule has 4 rings (SSSR count). The van der Waals surface area contributed by atoms with E-state index in [0.29, 0.717) is 5.92 Å². The third-order valence-corrected chi connectivity index (χ3v) is 6.44. The van der Waals surface area contributed by atoms with Crippen molar-refractivity contribution in [3.63, 3.8) is 0 Å². The first-order valence-corrected chi connectivity index (χ1v) is 10.1. The fraction of sp³-hybridized carbons (Fsp3) is 0.381. The molecule has 0 radical (unpaired) electrons. The maximum absolute atomic E-state index is 13.1. The molecular weight excluding hydrogens is 328 g/mol. The summed E-state index contributed by atoms with van der Waals surface area (Å²) in [5.41, 5.74) is 2.50. The molecule has 0 bridgehead atoms. The lowest BCUT2D eigenvalue weighted by Gasteiger charge is -2.35. The quantitative estimate of drug-likeness (QED) is 0.888. The molecule has 0 saturated carbocycles. The van der Waals surface area contributed by atoms with Gasteiger partial charge < -0.3 is 10.6 Å². The van der Waals surface area contributed by atoms with Gasteiger partial charge in [-0.15, -0.1) is 11.8 Å². The van der Waals surface area contributed by atoms with E-state index in [9.17, 15) is 4.79 Å². The van der Waals surface area contributed by atoms with Gasteiger partial charge >= 0.3 is 0 Å². The van der Waals surface area contributed by atoms with E-state index in [2.05, 4.69) is 53.1 Å². The highest BCUT2D eigenvalue weighted by Crippen LogP contribution is 2.37. The van der Waals surface area contributed by atoms with Gasteiger partial charge in [0.2, 0.25) is 5.91 Å². The van der Waals surface area contributed by atoms with Crippen molar-refractivity contribution in [3.05, 3.63) is 65.7 Å². The summed E-state index contributed by atoms with van der Waals surface area (Å²) in [6, 6.07) is 19.1. The van der Waals surface area contributed by atoms with Crippen molar-refractivity contribution in [2.24, 2.45) is 0 Å². The summed E-state index contributed by atoms with van der Waals surface area (Å²) in [4.78, 5) is 14.3. The standard InChI is InChI=1S/C21H24N2OS/c24-21(17-11-13-25-20-9-5-4-8-16(17)20)23-19-10-12-22-14-18(19)15-6-2-1-3-7-15/h1-9,17-19,22H,10-14H2,(H,23,24). The van der Waals surface area contributed by atoms with Crippen LogP contribution < -0.4 is 10.6 Å². The Morgan fingerprint density at radius 3 is 2.72 bits per heavy atom. The molecule has 2 aliphatic rings. The average molecular weight is 353 g/mol. The van der Waals surface area contributed by atoms with E-state index in [1.807, 2.05) is 23.9 Å². The van der Waals surface area contributed by atoms with Gasteiger partial charge in [-0.25, -0.2) is 0 Å². The van der Waals surface area contributed by atoms with Crippen LogP contribution in [0.3, 0.4) is 0 Å². The highest BCUT2D eigenvalue weighted by Gasteiger charge is 2.32. The Bertz CT molecular complexity index is 734.